The molecule has 128 valence electrons. The quantitative estimate of drug-likeness (QED) is 0.670. The lowest BCUT2D eigenvalue weighted by atomic mass is 9.70. The Hall–Kier alpha value is -2.01. The molecule has 5 nitrogen and oxygen atoms in total. The molecule has 1 N–H and O–H groups in total. The van der Waals surface area contributed by atoms with Crippen LogP contribution in [0.3, 0.4) is 0 Å². The largest absolute Gasteiger partial charge is 0.310 e. The van der Waals surface area contributed by atoms with Crippen LogP contribution in [-0.4, -0.2) is 40.7 Å². The first kappa shape index (κ1) is 16.8. The number of piperidine rings is 1. The van der Waals surface area contributed by atoms with Crippen molar-refractivity contribution in [2.75, 3.05) is 18.4 Å². The molecule has 0 radical (unpaired) electrons. The maximum absolute atomic E-state index is 12.7. The van der Waals surface area contributed by atoms with Crippen molar-refractivity contribution in [2.24, 2.45) is 5.41 Å². The van der Waals surface area contributed by atoms with Gasteiger partial charge in [-0.05, 0) is 76.4 Å². The Bertz CT molecular complexity index is 680. The summed E-state index contributed by atoms with van der Waals surface area (Å²) in [5, 5.41) is 3.00. The van der Waals surface area contributed by atoms with E-state index in [1.807, 2.05) is 6.07 Å². The number of aldehydes is 1. The summed E-state index contributed by atoms with van der Waals surface area (Å²) < 4.78 is 0. The summed E-state index contributed by atoms with van der Waals surface area (Å²) in [5.41, 5.74) is 1.76. The first-order valence-corrected chi connectivity index (χ1v) is 8.51. The molecule has 24 heavy (non-hydrogen) atoms. The number of allylic oxidation sites excluding steroid dienone is 1. The zero-order valence-corrected chi connectivity index (χ0v) is 14.6. The number of pyridine rings is 1. The fourth-order valence-electron chi connectivity index (χ4n) is 3.71. The zero-order valence-electron chi connectivity index (χ0n) is 14.6. The van der Waals surface area contributed by atoms with Crippen LogP contribution < -0.4 is 5.32 Å². The van der Waals surface area contributed by atoms with Gasteiger partial charge in [-0.1, -0.05) is 6.08 Å². The molecule has 3 heterocycles. The number of carbonyl (C=O) groups excluding carboxylic acids is 2. The highest BCUT2D eigenvalue weighted by Crippen LogP contribution is 2.42. The third-order valence-corrected chi connectivity index (χ3v) is 5.27. The van der Waals surface area contributed by atoms with Gasteiger partial charge < -0.3 is 5.32 Å². The third-order valence-electron chi connectivity index (χ3n) is 5.27. The van der Waals surface area contributed by atoms with E-state index in [-0.39, 0.29) is 16.9 Å². The molecule has 1 saturated heterocycles. The van der Waals surface area contributed by atoms with Gasteiger partial charge in [0.1, 0.15) is 12.1 Å². The van der Waals surface area contributed by atoms with Crippen LogP contribution in [0, 0.1) is 5.41 Å². The average Bonchev–Trinajstić information content (AvgIpc) is 2.54. The number of fused-ring (bicyclic) bond motifs is 1. The van der Waals surface area contributed by atoms with Gasteiger partial charge in [0.05, 0.1) is 5.41 Å². The normalized spacial score (nSPS) is 20.9. The monoisotopic (exact) mass is 327 g/mol. The van der Waals surface area contributed by atoms with Gasteiger partial charge in [0.15, 0.2) is 0 Å². The van der Waals surface area contributed by atoms with Crippen LogP contribution in [-0.2, 0) is 16.0 Å². The molecule has 1 amide bonds. The van der Waals surface area contributed by atoms with Gasteiger partial charge in [0.25, 0.3) is 0 Å². The minimum absolute atomic E-state index is 0.104. The van der Waals surface area contributed by atoms with Crippen LogP contribution in [0.2, 0.25) is 0 Å². The highest BCUT2D eigenvalue weighted by atomic mass is 16.2. The molecule has 0 atom stereocenters. The molecule has 1 aromatic heterocycles. The fourth-order valence-corrected chi connectivity index (χ4v) is 3.71. The molecule has 0 aliphatic carbocycles. The number of hydrogen-bond acceptors (Lipinski definition) is 4. The number of hydrogen-bond donors (Lipinski definition) is 1. The van der Waals surface area contributed by atoms with E-state index in [2.05, 4.69) is 36.0 Å². The smallest absolute Gasteiger partial charge is 0.232 e. The van der Waals surface area contributed by atoms with Crippen molar-refractivity contribution >= 4 is 24.1 Å². The predicted molar refractivity (Wildman–Crippen MR) is 94.7 cm³/mol. The standard InChI is InChI=1S/C19H25N3O2/c1-18(2,3)22-8-6-19(7-9-22)12-15-11-14(5-4-10-23)13-20-16(15)21-17(19)24/h4-5,10-11,13H,6-9,12H2,1-3H3,(H,20,21,24)/b5-4+. The van der Waals surface area contributed by atoms with E-state index in [9.17, 15) is 9.59 Å². The molecule has 1 fully saturated rings. The Morgan fingerprint density at radius 2 is 2.00 bits per heavy atom. The molecule has 0 bridgehead atoms. The highest BCUT2D eigenvalue weighted by Gasteiger charge is 2.46. The molecular weight excluding hydrogens is 302 g/mol. The van der Waals surface area contributed by atoms with E-state index in [1.165, 1.54) is 6.08 Å². The first-order chi connectivity index (χ1) is 11.3. The predicted octanol–water partition coefficient (Wildman–Crippen LogP) is 2.67. The summed E-state index contributed by atoms with van der Waals surface area (Å²) in [5.74, 6) is 0.763. The molecule has 2 aliphatic heterocycles. The number of rotatable bonds is 2. The van der Waals surface area contributed by atoms with Gasteiger partial charge in [0, 0.05) is 11.7 Å². The Balaban J connectivity index is 1.82. The second-order valence-electron chi connectivity index (χ2n) is 7.84. The van der Waals surface area contributed by atoms with E-state index in [1.54, 1.807) is 12.3 Å². The van der Waals surface area contributed by atoms with Crippen LogP contribution in [0.5, 0.6) is 0 Å². The van der Waals surface area contributed by atoms with Gasteiger partial charge >= 0.3 is 0 Å². The summed E-state index contributed by atoms with van der Waals surface area (Å²) >= 11 is 0. The molecule has 5 heteroatoms. The Morgan fingerprint density at radius 1 is 1.29 bits per heavy atom. The van der Waals surface area contributed by atoms with Crippen molar-refractivity contribution < 1.29 is 9.59 Å². The van der Waals surface area contributed by atoms with Crippen molar-refractivity contribution in [3.8, 4) is 0 Å². The van der Waals surface area contributed by atoms with Crippen LogP contribution in [0.25, 0.3) is 6.08 Å². The van der Waals surface area contributed by atoms with E-state index >= 15 is 0 Å². The van der Waals surface area contributed by atoms with Gasteiger partial charge in [-0.25, -0.2) is 4.98 Å². The van der Waals surface area contributed by atoms with Gasteiger partial charge in [-0.3, -0.25) is 14.5 Å². The molecule has 0 aromatic carbocycles. The number of nitrogens with one attached hydrogen (secondary N) is 1. The second-order valence-corrected chi connectivity index (χ2v) is 7.84. The molecule has 2 aliphatic rings. The zero-order chi connectivity index (χ0) is 17.4. The molecule has 0 saturated carbocycles. The molecule has 0 unspecified atom stereocenters. The lowest BCUT2D eigenvalue weighted by Crippen LogP contribution is -2.54. The SMILES string of the molecule is CC(C)(C)N1CCC2(CC1)Cc1cc(/C=C/C=O)cnc1NC2=O. The Labute approximate surface area is 143 Å². The van der Waals surface area contributed by atoms with Crippen molar-refractivity contribution in [1.82, 2.24) is 9.88 Å². The van der Waals surface area contributed by atoms with Gasteiger partial charge in [0.2, 0.25) is 5.91 Å². The lowest BCUT2D eigenvalue weighted by molar-refractivity contribution is -0.129. The summed E-state index contributed by atoms with van der Waals surface area (Å²) in [7, 11) is 0. The number of nitrogens with zero attached hydrogens (tertiary/aromatic N) is 2. The summed E-state index contributed by atoms with van der Waals surface area (Å²) in [6.07, 6.45) is 8.09. The van der Waals surface area contributed by atoms with Crippen LogP contribution in [0.4, 0.5) is 5.82 Å². The Morgan fingerprint density at radius 3 is 2.62 bits per heavy atom. The topological polar surface area (TPSA) is 62.3 Å². The van der Waals surface area contributed by atoms with Crippen molar-refractivity contribution in [1.29, 1.82) is 0 Å². The summed E-state index contributed by atoms with van der Waals surface area (Å²) in [6.45, 7) is 8.53. The van der Waals surface area contributed by atoms with E-state index in [4.69, 9.17) is 0 Å². The molecular formula is C19H25N3O2. The van der Waals surface area contributed by atoms with Gasteiger partial charge in [-0.2, -0.15) is 0 Å². The molecule has 1 spiro atoms. The van der Waals surface area contributed by atoms with E-state index in [0.717, 1.165) is 49.8 Å². The van der Waals surface area contributed by atoms with E-state index in [0.29, 0.717) is 5.82 Å². The summed E-state index contributed by atoms with van der Waals surface area (Å²) in [4.78, 5) is 30.0. The van der Waals surface area contributed by atoms with Gasteiger partial charge in [-0.15, -0.1) is 0 Å². The van der Waals surface area contributed by atoms with Crippen molar-refractivity contribution in [3.63, 3.8) is 0 Å². The second kappa shape index (κ2) is 6.13. The lowest BCUT2D eigenvalue weighted by Gasteiger charge is -2.47. The van der Waals surface area contributed by atoms with Crippen LogP contribution in [0.1, 0.15) is 44.7 Å². The minimum atomic E-state index is -0.330. The first-order valence-electron chi connectivity index (χ1n) is 8.51. The van der Waals surface area contributed by atoms with Crippen molar-refractivity contribution in [3.05, 3.63) is 29.5 Å². The molecule has 1 aromatic rings. The van der Waals surface area contributed by atoms with Crippen LogP contribution in [0.15, 0.2) is 18.3 Å². The number of aromatic nitrogens is 1. The highest BCUT2D eigenvalue weighted by molar-refractivity contribution is 5.97. The maximum atomic E-state index is 12.7. The summed E-state index contributed by atoms with van der Waals surface area (Å²) in [6, 6.07) is 2.03. The van der Waals surface area contributed by atoms with Crippen LogP contribution >= 0.6 is 0 Å². The number of amides is 1. The molecule has 3 rings (SSSR count). The number of likely N-dealkylation sites (tertiary alicyclic amines) is 1. The minimum Gasteiger partial charge on any atom is -0.310 e. The third kappa shape index (κ3) is 3.13. The fraction of sp³-hybridized carbons (Fsp3) is 0.526. The average molecular weight is 327 g/mol. The van der Waals surface area contributed by atoms with Crippen molar-refractivity contribution in [2.45, 2.75) is 45.6 Å². The Kier molecular flexibility index (Phi) is 4.30. The number of carbonyl (C=O) groups is 2. The maximum Gasteiger partial charge on any atom is 0.232 e. The number of anilines is 1. The van der Waals surface area contributed by atoms with E-state index < -0.39 is 0 Å².